The van der Waals surface area contributed by atoms with Crippen LogP contribution in [-0.4, -0.2) is 32.6 Å². The van der Waals surface area contributed by atoms with Crippen LogP contribution >= 0.6 is 11.5 Å². The largest absolute Gasteiger partial charge is 0.474 e. The van der Waals surface area contributed by atoms with E-state index >= 15 is 0 Å². The maximum Gasteiger partial charge on any atom is 0.417 e. The third kappa shape index (κ3) is 5.18. The smallest absolute Gasteiger partial charge is 0.417 e. The average molecular weight is 414 g/mol. The van der Waals surface area contributed by atoms with Crippen molar-refractivity contribution in [2.45, 2.75) is 63.8 Å². The van der Waals surface area contributed by atoms with Crippen molar-refractivity contribution in [2.24, 2.45) is 0 Å². The molecule has 1 N–H and O–H groups in total. The number of carbonyl (C=O) groups excluding carboxylic acids is 1. The Balaban J connectivity index is 1.48. The first-order valence-electron chi connectivity index (χ1n) is 9.18. The molecule has 28 heavy (non-hydrogen) atoms. The Kier molecular flexibility index (Phi) is 6.48. The molecular formula is C18H21F3N4O2S. The van der Waals surface area contributed by atoms with E-state index in [1.54, 1.807) is 0 Å². The molecule has 10 heteroatoms. The molecular weight excluding hydrogens is 393 g/mol. The van der Waals surface area contributed by atoms with E-state index in [0.717, 1.165) is 55.2 Å². The lowest BCUT2D eigenvalue weighted by Crippen LogP contribution is -2.39. The van der Waals surface area contributed by atoms with Gasteiger partial charge in [-0.2, -0.15) is 13.2 Å². The topological polar surface area (TPSA) is 77.0 Å². The van der Waals surface area contributed by atoms with Crippen molar-refractivity contribution in [1.82, 2.24) is 19.9 Å². The summed E-state index contributed by atoms with van der Waals surface area (Å²) in [6.07, 6.45) is 0.695. The van der Waals surface area contributed by atoms with Crippen LogP contribution in [0, 0.1) is 0 Å². The number of nitrogens with zero attached hydrogens (tertiary/aromatic N) is 3. The summed E-state index contributed by atoms with van der Waals surface area (Å²) in [5.41, 5.74) is -0.0679. The second-order valence-corrected chi connectivity index (χ2v) is 7.50. The number of hydrogen-bond acceptors (Lipinski definition) is 6. The van der Waals surface area contributed by atoms with Gasteiger partial charge in [0.25, 0.3) is 5.91 Å². The van der Waals surface area contributed by atoms with Gasteiger partial charge in [-0.05, 0) is 49.7 Å². The van der Waals surface area contributed by atoms with E-state index in [4.69, 9.17) is 4.74 Å². The van der Waals surface area contributed by atoms with Gasteiger partial charge in [-0.3, -0.25) is 4.79 Å². The molecule has 1 aliphatic carbocycles. The van der Waals surface area contributed by atoms with Crippen LogP contribution in [0.4, 0.5) is 13.2 Å². The fourth-order valence-electron chi connectivity index (χ4n) is 3.15. The molecule has 3 rings (SSSR count). The first-order chi connectivity index (χ1) is 13.4. The highest BCUT2D eigenvalue weighted by Gasteiger charge is 2.31. The first kappa shape index (κ1) is 20.5. The monoisotopic (exact) mass is 414 g/mol. The minimum atomic E-state index is -4.41. The summed E-state index contributed by atoms with van der Waals surface area (Å²) in [4.78, 5) is 16.7. The molecule has 0 bridgehead atoms. The Hall–Kier alpha value is -2.23. The quantitative estimate of drug-likeness (QED) is 0.773. The molecule has 0 aromatic carbocycles. The van der Waals surface area contributed by atoms with Gasteiger partial charge in [-0.15, -0.1) is 5.10 Å². The standard InChI is InChI=1S/C18H21F3N4O2S/c1-2-3-14-16(28-25-24-14)17(26)23-12-5-7-13(8-6-12)27-15-9-4-11(10-22-15)18(19,20)21/h4,9-10,12-13H,2-3,5-8H2,1H3,(H,23,26). The Bertz CT molecular complexity index is 787. The number of nitrogens with one attached hydrogen (secondary N) is 1. The van der Waals surface area contributed by atoms with Gasteiger partial charge in [0, 0.05) is 18.3 Å². The van der Waals surface area contributed by atoms with Crippen LogP contribution in [0.25, 0.3) is 0 Å². The molecule has 1 fully saturated rings. The zero-order chi connectivity index (χ0) is 20.1. The van der Waals surface area contributed by atoms with Crippen molar-refractivity contribution in [2.75, 3.05) is 0 Å². The van der Waals surface area contributed by atoms with Gasteiger partial charge in [-0.25, -0.2) is 4.98 Å². The van der Waals surface area contributed by atoms with Crippen molar-refractivity contribution in [3.8, 4) is 5.88 Å². The minimum Gasteiger partial charge on any atom is -0.474 e. The third-order valence-corrected chi connectivity index (χ3v) is 5.38. The normalized spacial score (nSPS) is 20.0. The summed E-state index contributed by atoms with van der Waals surface area (Å²) >= 11 is 1.11. The van der Waals surface area contributed by atoms with Gasteiger partial charge in [-0.1, -0.05) is 17.8 Å². The molecule has 6 nitrogen and oxygen atoms in total. The number of hydrogen-bond donors (Lipinski definition) is 1. The number of ether oxygens (including phenoxy) is 1. The number of amides is 1. The molecule has 0 unspecified atom stereocenters. The van der Waals surface area contributed by atoms with E-state index in [0.29, 0.717) is 17.7 Å². The number of rotatable bonds is 6. The van der Waals surface area contributed by atoms with Crippen molar-refractivity contribution in [1.29, 1.82) is 0 Å². The fourth-order valence-corrected chi connectivity index (χ4v) is 3.76. The summed E-state index contributed by atoms with van der Waals surface area (Å²) in [6.45, 7) is 2.02. The summed E-state index contributed by atoms with van der Waals surface area (Å²) < 4.78 is 47.3. The van der Waals surface area contributed by atoms with Gasteiger partial charge < -0.3 is 10.1 Å². The van der Waals surface area contributed by atoms with Crippen molar-refractivity contribution in [3.63, 3.8) is 0 Å². The van der Waals surface area contributed by atoms with Crippen LogP contribution < -0.4 is 10.1 Å². The Morgan fingerprint density at radius 3 is 2.64 bits per heavy atom. The summed E-state index contributed by atoms with van der Waals surface area (Å²) in [7, 11) is 0. The van der Waals surface area contributed by atoms with Crippen molar-refractivity contribution in [3.05, 3.63) is 34.5 Å². The Morgan fingerprint density at radius 1 is 1.29 bits per heavy atom. The number of aryl methyl sites for hydroxylation is 1. The molecule has 0 spiro atoms. The average Bonchev–Trinajstić information content (AvgIpc) is 3.12. The van der Waals surface area contributed by atoms with E-state index < -0.39 is 11.7 Å². The maximum atomic E-state index is 12.6. The lowest BCUT2D eigenvalue weighted by molar-refractivity contribution is -0.137. The molecule has 1 amide bonds. The van der Waals surface area contributed by atoms with Gasteiger partial charge in [0.2, 0.25) is 5.88 Å². The molecule has 2 aromatic rings. The second-order valence-electron chi connectivity index (χ2n) is 6.75. The predicted molar refractivity (Wildman–Crippen MR) is 97.3 cm³/mol. The molecule has 0 aliphatic heterocycles. The van der Waals surface area contributed by atoms with Crippen molar-refractivity contribution >= 4 is 17.4 Å². The molecule has 2 heterocycles. The summed E-state index contributed by atoms with van der Waals surface area (Å²) in [5, 5.41) is 7.03. The van der Waals surface area contributed by atoms with Gasteiger partial charge in [0.15, 0.2) is 0 Å². The Morgan fingerprint density at radius 2 is 2.04 bits per heavy atom. The van der Waals surface area contributed by atoms with E-state index in [2.05, 4.69) is 19.9 Å². The molecule has 0 saturated heterocycles. The molecule has 152 valence electrons. The van der Waals surface area contributed by atoms with Crippen LogP contribution in [0.15, 0.2) is 18.3 Å². The highest BCUT2D eigenvalue weighted by atomic mass is 32.1. The van der Waals surface area contributed by atoms with Crippen LogP contribution in [-0.2, 0) is 12.6 Å². The lowest BCUT2D eigenvalue weighted by atomic mass is 9.93. The van der Waals surface area contributed by atoms with E-state index in [9.17, 15) is 18.0 Å². The number of carbonyl (C=O) groups is 1. The fraction of sp³-hybridized carbons (Fsp3) is 0.556. The molecule has 0 atom stereocenters. The third-order valence-electron chi connectivity index (χ3n) is 4.61. The zero-order valence-electron chi connectivity index (χ0n) is 15.3. The number of pyridine rings is 1. The number of aromatic nitrogens is 3. The maximum absolute atomic E-state index is 12.6. The van der Waals surface area contributed by atoms with Gasteiger partial charge >= 0.3 is 6.18 Å². The highest BCUT2D eigenvalue weighted by molar-refractivity contribution is 7.08. The molecule has 1 aliphatic rings. The molecule has 1 saturated carbocycles. The van der Waals surface area contributed by atoms with Crippen LogP contribution in [0.5, 0.6) is 5.88 Å². The zero-order valence-corrected chi connectivity index (χ0v) is 16.1. The summed E-state index contributed by atoms with van der Waals surface area (Å²) in [6, 6.07) is 2.23. The van der Waals surface area contributed by atoms with Gasteiger partial charge in [0.1, 0.15) is 11.0 Å². The van der Waals surface area contributed by atoms with Crippen LogP contribution in [0.2, 0.25) is 0 Å². The SMILES string of the molecule is CCCc1nnsc1C(=O)NC1CCC(Oc2ccc(C(F)(F)F)cn2)CC1. The van der Waals surface area contributed by atoms with E-state index in [-0.39, 0.29) is 23.9 Å². The van der Waals surface area contributed by atoms with Crippen LogP contribution in [0.1, 0.15) is 60.0 Å². The number of halogens is 3. The van der Waals surface area contributed by atoms with Crippen molar-refractivity contribution < 1.29 is 22.7 Å². The van der Waals surface area contributed by atoms with Crippen LogP contribution in [0.3, 0.4) is 0 Å². The molecule has 0 radical (unpaired) electrons. The number of alkyl halides is 3. The Labute approximate surface area is 164 Å². The van der Waals surface area contributed by atoms with E-state index in [1.807, 2.05) is 6.92 Å². The van der Waals surface area contributed by atoms with E-state index in [1.165, 1.54) is 6.07 Å². The predicted octanol–water partition coefficient (Wildman–Crippen LogP) is 4.02. The minimum absolute atomic E-state index is 0.0319. The second kappa shape index (κ2) is 8.85. The highest BCUT2D eigenvalue weighted by Crippen LogP contribution is 2.30. The summed E-state index contributed by atoms with van der Waals surface area (Å²) in [5.74, 6) is 0.0349. The molecule has 2 aromatic heterocycles. The first-order valence-corrected chi connectivity index (χ1v) is 9.96. The lowest BCUT2D eigenvalue weighted by Gasteiger charge is -2.29. The van der Waals surface area contributed by atoms with Gasteiger partial charge in [0.05, 0.1) is 11.3 Å².